The molecule has 0 amide bonds. The van der Waals surface area contributed by atoms with Crippen LogP contribution >= 0.6 is 24.0 Å². The molecule has 0 saturated carbocycles. The van der Waals surface area contributed by atoms with Crippen LogP contribution in [0.5, 0.6) is 5.75 Å². The molecule has 1 unspecified atom stereocenters. The van der Waals surface area contributed by atoms with Crippen molar-refractivity contribution in [1.82, 2.24) is 0 Å². The average Bonchev–Trinajstić information content (AvgIpc) is 2.98. The van der Waals surface area contributed by atoms with E-state index in [-0.39, 0.29) is 29.9 Å². The minimum atomic E-state index is 0. The van der Waals surface area contributed by atoms with Crippen LogP contribution in [-0.2, 0) is 11.3 Å². The molecule has 0 spiro atoms. The Morgan fingerprint density at radius 3 is 2.83 bits per heavy atom. The Labute approximate surface area is 159 Å². The van der Waals surface area contributed by atoms with E-state index in [1.807, 2.05) is 42.5 Å². The van der Waals surface area contributed by atoms with Crippen LogP contribution in [-0.4, -0.2) is 26.2 Å². The van der Waals surface area contributed by atoms with E-state index in [2.05, 4.69) is 16.4 Å². The number of nitrogens with zero attached hydrogens (tertiary/aromatic N) is 1. The lowest BCUT2D eigenvalue weighted by atomic mass is 10.0. The number of nitrogens with two attached hydrogens (primary N) is 1. The number of guanidine groups is 1. The smallest absolute Gasteiger partial charge is 0.193 e. The molecule has 0 aromatic heterocycles. The molecule has 128 valence electrons. The van der Waals surface area contributed by atoms with E-state index in [0.717, 1.165) is 17.0 Å². The molecular weight excluding hydrogens is 417 g/mol. The van der Waals surface area contributed by atoms with Gasteiger partial charge in [0.05, 0.1) is 19.8 Å². The Morgan fingerprint density at radius 2 is 2.00 bits per heavy atom. The van der Waals surface area contributed by atoms with E-state index >= 15 is 0 Å². The summed E-state index contributed by atoms with van der Waals surface area (Å²) in [4.78, 5) is 4.46. The molecule has 2 aromatic carbocycles. The van der Waals surface area contributed by atoms with Crippen molar-refractivity contribution in [2.45, 2.75) is 12.5 Å². The van der Waals surface area contributed by atoms with Crippen LogP contribution in [0.15, 0.2) is 53.5 Å². The Hall–Kier alpha value is -1.80. The Kier molecular flexibility index (Phi) is 6.86. The number of para-hydroxylation sites is 2. The van der Waals surface area contributed by atoms with Crippen LogP contribution in [0.25, 0.3) is 0 Å². The highest BCUT2D eigenvalue weighted by Gasteiger charge is 2.23. The van der Waals surface area contributed by atoms with Crippen LogP contribution in [0.2, 0.25) is 0 Å². The molecule has 1 aliphatic rings. The van der Waals surface area contributed by atoms with Gasteiger partial charge in [0.1, 0.15) is 5.75 Å². The van der Waals surface area contributed by atoms with Gasteiger partial charge >= 0.3 is 0 Å². The average molecular weight is 439 g/mol. The summed E-state index contributed by atoms with van der Waals surface area (Å²) in [5.74, 6) is 1.60. The summed E-state index contributed by atoms with van der Waals surface area (Å²) in [6.45, 7) is 1.78. The third-order valence-electron chi connectivity index (χ3n) is 3.86. The number of hydrogen-bond acceptors (Lipinski definition) is 3. The van der Waals surface area contributed by atoms with Crippen LogP contribution < -0.4 is 15.8 Å². The first-order chi connectivity index (χ1) is 11.3. The van der Waals surface area contributed by atoms with Crippen molar-refractivity contribution in [2.75, 3.05) is 25.6 Å². The zero-order valence-corrected chi connectivity index (χ0v) is 15.9. The van der Waals surface area contributed by atoms with Gasteiger partial charge in [0.2, 0.25) is 0 Å². The van der Waals surface area contributed by atoms with Crippen molar-refractivity contribution < 1.29 is 9.47 Å². The maximum atomic E-state index is 6.03. The zero-order valence-electron chi connectivity index (χ0n) is 13.6. The number of halogens is 1. The summed E-state index contributed by atoms with van der Waals surface area (Å²) in [6.07, 6.45) is 0. The highest BCUT2D eigenvalue weighted by atomic mass is 127. The highest BCUT2D eigenvalue weighted by molar-refractivity contribution is 14.0. The number of anilines is 1. The van der Waals surface area contributed by atoms with E-state index in [1.165, 1.54) is 5.56 Å². The normalized spacial score (nSPS) is 16.0. The quantitative estimate of drug-likeness (QED) is 0.426. The first-order valence-electron chi connectivity index (χ1n) is 7.63. The number of methoxy groups -OCH3 is 1. The number of benzene rings is 2. The zero-order chi connectivity index (χ0) is 16.1. The third-order valence-corrected chi connectivity index (χ3v) is 3.86. The summed E-state index contributed by atoms with van der Waals surface area (Å²) in [7, 11) is 1.67. The molecule has 1 atom stereocenters. The second kappa shape index (κ2) is 8.89. The lowest BCUT2D eigenvalue weighted by Crippen LogP contribution is -2.24. The largest absolute Gasteiger partial charge is 0.493 e. The van der Waals surface area contributed by atoms with Gasteiger partial charge < -0.3 is 20.5 Å². The summed E-state index contributed by atoms with van der Waals surface area (Å²) in [5.41, 5.74) is 9.18. The number of rotatable bonds is 5. The van der Waals surface area contributed by atoms with Crippen LogP contribution in [0.4, 0.5) is 5.69 Å². The first kappa shape index (κ1) is 18.5. The fourth-order valence-corrected chi connectivity index (χ4v) is 2.69. The van der Waals surface area contributed by atoms with E-state index in [9.17, 15) is 0 Å². The van der Waals surface area contributed by atoms with E-state index in [1.54, 1.807) is 7.11 Å². The molecule has 0 bridgehead atoms. The topological polar surface area (TPSA) is 68.9 Å². The molecule has 5 nitrogen and oxygen atoms in total. The Bertz CT molecular complexity index is 706. The fourth-order valence-electron chi connectivity index (χ4n) is 2.69. The summed E-state index contributed by atoms with van der Waals surface area (Å²) in [6, 6.07) is 16.0. The lowest BCUT2D eigenvalue weighted by molar-refractivity contribution is 0.185. The Balaban J connectivity index is 0.00000208. The maximum absolute atomic E-state index is 6.03. The molecule has 0 radical (unpaired) electrons. The SMILES string of the molecule is COCc1ccccc1NC(N)=NCC1COc2ccccc21.I. The van der Waals surface area contributed by atoms with Gasteiger partial charge in [-0.15, -0.1) is 24.0 Å². The first-order valence-corrected chi connectivity index (χ1v) is 7.63. The molecular formula is C18H22IN3O2. The fraction of sp³-hybridized carbons (Fsp3) is 0.278. The van der Waals surface area contributed by atoms with Crippen LogP contribution in [0.1, 0.15) is 17.0 Å². The van der Waals surface area contributed by atoms with Crippen molar-refractivity contribution in [3.63, 3.8) is 0 Å². The van der Waals surface area contributed by atoms with Crippen molar-refractivity contribution >= 4 is 35.6 Å². The van der Waals surface area contributed by atoms with Gasteiger partial charge in [-0.3, -0.25) is 4.99 Å². The number of fused-ring (bicyclic) bond motifs is 1. The maximum Gasteiger partial charge on any atom is 0.193 e. The van der Waals surface area contributed by atoms with Crippen LogP contribution in [0.3, 0.4) is 0 Å². The Morgan fingerprint density at radius 1 is 1.25 bits per heavy atom. The van der Waals surface area contributed by atoms with E-state index < -0.39 is 0 Å². The number of ether oxygens (including phenoxy) is 2. The molecule has 0 saturated heterocycles. The predicted octanol–water partition coefficient (Wildman–Crippen LogP) is 3.35. The number of hydrogen-bond donors (Lipinski definition) is 2. The lowest BCUT2D eigenvalue weighted by Gasteiger charge is -2.11. The van der Waals surface area contributed by atoms with Crippen molar-refractivity contribution in [1.29, 1.82) is 0 Å². The third kappa shape index (κ3) is 4.39. The second-order valence-corrected chi connectivity index (χ2v) is 5.49. The molecule has 2 aromatic rings. The number of aliphatic imine (C=N–C) groups is 1. The summed E-state index contributed by atoms with van der Waals surface area (Å²) < 4.78 is 10.9. The molecule has 0 aliphatic carbocycles. The standard InChI is InChI=1S/C18H21N3O2.HI/c1-22-11-13-6-2-4-8-16(13)21-18(19)20-10-14-12-23-17-9-5-3-7-15(14)17;/h2-9,14H,10-12H2,1H3,(H3,19,20,21);1H. The number of nitrogens with one attached hydrogen (secondary N) is 1. The summed E-state index contributed by atoms with van der Waals surface area (Å²) >= 11 is 0. The summed E-state index contributed by atoms with van der Waals surface area (Å²) in [5, 5.41) is 3.15. The molecule has 0 fully saturated rings. The molecule has 1 heterocycles. The van der Waals surface area contributed by atoms with Crippen LogP contribution in [0, 0.1) is 0 Å². The van der Waals surface area contributed by atoms with Gasteiger partial charge in [-0.05, 0) is 12.1 Å². The van der Waals surface area contributed by atoms with E-state index in [0.29, 0.717) is 25.7 Å². The van der Waals surface area contributed by atoms with Gasteiger partial charge in [-0.25, -0.2) is 0 Å². The minimum Gasteiger partial charge on any atom is -0.493 e. The van der Waals surface area contributed by atoms with E-state index in [4.69, 9.17) is 15.2 Å². The molecule has 1 aliphatic heterocycles. The van der Waals surface area contributed by atoms with Crippen molar-refractivity contribution in [2.24, 2.45) is 10.7 Å². The minimum absolute atomic E-state index is 0. The van der Waals surface area contributed by atoms with Crippen molar-refractivity contribution in [3.05, 3.63) is 59.7 Å². The van der Waals surface area contributed by atoms with Gasteiger partial charge in [0.15, 0.2) is 5.96 Å². The van der Waals surface area contributed by atoms with Crippen molar-refractivity contribution in [3.8, 4) is 5.75 Å². The second-order valence-electron chi connectivity index (χ2n) is 5.49. The van der Waals surface area contributed by atoms with Gasteiger partial charge in [0, 0.05) is 29.8 Å². The highest BCUT2D eigenvalue weighted by Crippen LogP contribution is 2.33. The molecule has 24 heavy (non-hydrogen) atoms. The van der Waals surface area contributed by atoms with Gasteiger partial charge in [0.25, 0.3) is 0 Å². The predicted molar refractivity (Wildman–Crippen MR) is 107 cm³/mol. The van der Waals surface area contributed by atoms with Gasteiger partial charge in [-0.1, -0.05) is 36.4 Å². The van der Waals surface area contributed by atoms with Gasteiger partial charge in [-0.2, -0.15) is 0 Å². The molecule has 3 rings (SSSR count). The monoisotopic (exact) mass is 439 g/mol. The molecule has 3 N–H and O–H groups in total. The molecule has 6 heteroatoms.